The molecule has 130 valence electrons. The van der Waals surface area contributed by atoms with Crippen molar-refractivity contribution < 1.29 is 13.2 Å². The van der Waals surface area contributed by atoms with Gasteiger partial charge in [0, 0.05) is 13.5 Å². The van der Waals surface area contributed by atoms with E-state index in [1.807, 2.05) is 31.2 Å². The van der Waals surface area contributed by atoms with Crippen molar-refractivity contribution in [1.82, 2.24) is 4.90 Å². The summed E-state index contributed by atoms with van der Waals surface area (Å²) in [7, 11) is -3.62. The number of rotatable bonds is 3. The Kier molecular flexibility index (Phi) is 4.77. The molecule has 25 heavy (non-hydrogen) atoms. The molecule has 0 unspecified atom stereocenters. The summed E-state index contributed by atoms with van der Waals surface area (Å²) < 4.78 is 26.4. The van der Waals surface area contributed by atoms with E-state index in [0.29, 0.717) is 6.54 Å². The van der Waals surface area contributed by atoms with Crippen molar-refractivity contribution in [3.8, 4) is 0 Å². The molecule has 0 saturated carbocycles. The molecular weight excluding hydrogens is 334 g/mol. The van der Waals surface area contributed by atoms with Gasteiger partial charge in [-0.15, -0.1) is 0 Å². The molecule has 1 amide bonds. The predicted octanol–water partition coefficient (Wildman–Crippen LogP) is 3.30. The maximum Gasteiger partial charge on any atom is 0.220 e. The number of hydrogen-bond donors (Lipinski definition) is 0. The second kappa shape index (κ2) is 6.84. The Morgan fingerprint density at radius 1 is 1.04 bits per heavy atom. The van der Waals surface area contributed by atoms with Crippen molar-refractivity contribution in [2.75, 3.05) is 6.54 Å². The molecule has 1 aliphatic rings. The Labute approximate surface area is 148 Å². The molecule has 1 heterocycles. The maximum absolute atomic E-state index is 13.2. The third-order valence-electron chi connectivity index (χ3n) is 4.53. The summed E-state index contributed by atoms with van der Waals surface area (Å²) in [5.74, 6) is -0.136. The molecule has 5 heteroatoms. The SMILES string of the molecule is CC(=O)N1CC=C[C@H](S(=O)(=O)c2ccccc2)[C@H]1c1ccc(C)cc1. The van der Waals surface area contributed by atoms with Gasteiger partial charge in [0.15, 0.2) is 9.84 Å². The van der Waals surface area contributed by atoms with Crippen LogP contribution in [0.25, 0.3) is 0 Å². The van der Waals surface area contributed by atoms with Gasteiger partial charge in [0.25, 0.3) is 0 Å². The number of aryl methyl sites for hydroxylation is 1. The van der Waals surface area contributed by atoms with Crippen LogP contribution in [0.3, 0.4) is 0 Å². The third-order valence-corrected chi connectivity index (χ3v) is 6.59. The van der Waals surface area contributed by atoms with Gasteiger partial charge in [-0.1, -0.05) is 60.2 Å². The highest BCUT2D eigenvalue weighted by Crippen LogP contribution is 2.35. The molecule has 0 bridgehead atoms. The van der Waals surface area contributed by atoms with E-state index >= 15 is 0 Å². The Bertz CT molecular complexity index is 886. The molecule has 1 aliphatic heterocycles. The molecule has 0 N–H and O–H groups in total. The first-order chi connectivity index (χ1) is 11.9. The molecule has 2 aromatic rings. The third kappa shape index (κ3) is 3.37. The number of carbonyl (C=O) groups excluding carboxylic acids is 1. The van der Waals surface area contributed by atoms with Crippen LogP contribution in [0, 0.1) is 6.92 Å². The standard InChI is InChI=1S/C20H21NO3S/c1-15-10-12-17(13-11-15)20-19(9-6-14-21(20)16(2)22)25(23,24)18-7-4-3-5-8-18/h3-13,19-20H,14H2,1-2H3/t19-,20+/m0/s1. The molecule has 0 aliphatic carbocycles. The lowest BCUT2D eigenvalue weighted by molar-refractivity contribution is -0.130. The minimum absolute atomic E-state index is 0.136. The van der Waals surface area contributed by atoms with Crippen molar-refractivity contribution in [2.24, 2.45) is 0 Å². The summed E-state index contributed by atoms with van der Waals surface area (Å²) in [5, 5.41) is -0.810. The smallest absolute Gasteiger partial charge is 0.220 e. The van der Waals surface area contributed by atoms with Crippen LogP contribution in [-0.2, 0) is 14.6 Å². The van der Waals surface area contributed by atoms with E-state index in [9.17, 15) is 13.2 Å². The number of amides is 1. The predicted molar refractivity (Wildman–Crippen MR) is 97.9 cm³/mol. The van der Waals surface area contributed by atoms with Gasteiger partial charge in [-0.2, -0.15) is 0 Å². The minimum atomic E-state index is -3.62. The maximum atomic E-state index is 13.2. The van der Waals surface area contributed by atoms with Gasteiger partial charge in [0.1, 0.15) is 5.25 Å². The van der Waals surface area contributed by atoms with Gasteiger partial charge in [0.05, 0.1) is 10.9 Å². The van der Waals surface area contributed by atoms with E-state index in [4.69, 9.17) is 0 Å². The van der Waals surface area contributed by atoms with Crippen LogP contribution in [-0.4, -0.2) is 31.0 Å². The lowest BCUT2D eigenvalue weighted by atomic mass is 9.97. The van der Waals surface area contributed by atoms with Gasteiger partial charge in [-0.25, -0.2) is 8.42 Å². The average molecular weight is 355 g/mol. The molecule has 0 spiro atoms. The summed E-state index contributed by atoms with van der Waals surface area (Å²) in [4.78, 5) is 14.0. The van der Waals surface area contributed by atoms with Crippen LogP contribution >= 0.6 is 0 Å². The summed E-state index contributed by atoms with van der Waals surface area (Å²) in [6, 6.07) is 15.6. The second-order valence-electron chi connectivity index (χ2n) is 6.28. The highest BCUT2D eigenvalue weighted by Gasteiger charge is 2.40. The fraction of sp³-hybridized carbons (Fsp3) is 0.250. The number of hydrogen-bond acceptors (Lipinski definition) is 3. The van der Waals surface area contributed by atoms with Gasteiger partial charge >= 0.3 is 0 Å². The Hall–Kier alpha value is -2.40. The van der Waals surface area contributed by atoms with Crippen molar-refractivity contribution in [3.05, 3.63) is 77.9 Å². The van der Waals surface area contributed by atoms with E-state index in [0.717, 1.165) is 11.1 Å². The van der Waals surface area contributed by atoms with Gasteiger partial charge in [-0.3, -0.25) is 4.79 Å². The monoisotopic (exact) mass is 355 g/mol. The number of nitrogens with zero attached hydrogens (tertiary/aromatic N) is 1. The molecule has 0 aromatic heterocycles. The van der Waals surface area contributed by atoms with Gasteiger partial charge in [-0.05, 0) is 24.6 Å². The van der Waals surface area contributed by atoms with E-state index < -0.39 is 21.1 Å². The Morgan fingerprint density at radius 3 is 2.28 bits per heavy atom. The molecule has 2 atom stereocenters. The van der Waals surface area contributed by atoms with Crippen LogP contribution in [0.5, 0.6) is 0 Å². The first kappa shape index (κ1) is 17.4. The van der Waals surface area contributed by atoms with Crippen molar-refractivity contribution >= 4 is 15.7 Å². The van der Waals surface area contributed by atoms with Crippen molar-refractivity contribution in [1.29, 1.82) is 0 Å². The van der Waals surface area contributed by atoms with Crippen molar-refractivity contribution in [2.45, 2.75) is 30.0 Å². The Balaban J connectivity index is 2.12. The normalized spacial score (nSPS) is 20.5. The van der Waals surface area contributed by atoms with Crippen LogP contribution in [0.4, 0.5) is 0 Å². The number of carbonyl (C=O) groups is 1. The van der Waals surface area contributed by atoms with Gasteiger partial charge < -0.3 is 4.90 Å². The zero-order valence-electron chi connectivity index (χ0n) is 14.3. The molecule has 4 nitrogen and oxygen atoms in total. The van der Waals surface area contributed by atoms with Crippen LogP contribution in [0.2, 0.25) is 0 Å². The Morgan fingerprint density at radius 2 is 1.68 bits per heavy atom. The van der Waals surface area contributed by atoms with Crippen LogP contribution in [0.15, 0.2) is 71.6 Å². The summed E-state index contributed by atoms with van der Waals surface area (Å²) >= 11 is 0. The summed E-state index contributed by atoms with van der Waals surface area (Å²) in [6.07, 6.45) is 3.48. The molecular formula is C20H21NO3S. The van der Waals surface area contributed by atoms with Crippen molar-refractivity contribution in [3.63, 3.8) is 0 Å². The van der Waals surface area contributed by atoms with Crippen LogP contribution < -0.4 is 0 Å². The van der Waals surface area contributed by atoms with E-state index in [2.05, 4.69) is 0 Å². The molecule has 3 rings (SSSR count). The fourth-order valence-corrected chi connectivity index (χ4v) is 5.02. The quantitative estimate of drug-likeness (QED) is 0.794. The lowest BCUT2D eigenvalue weighted by Gasteiger charge is -2.37. The molecule has 0 fully saturated rings. The first-order valence-corrected chi connectivity index (χ1v) is 9.75. The minimum Gasteiger partial charge on any atom is -0.331 e. The fourth-order valence-electron chi connectivity index (χ4n) is 3.20. The van der Waals surface area contributed by atoms with E-state index in [-0.39, 0.29) is 10.8 Å². The highest BCUT2D eigenvalue weighted by atomic mass is 32.2. The first-order valence-electron chi connectivity index (χ1n) is 8.20. The topological polar surface area (TPSA) is 54.5 Å². The summed E-state index contributed by atoms with van der Waals surface area (Å²) in [6.45, 7) is 3.87. The highest BCUT2D eigenvalue weighted by molar-refractivity contribution is 7.92. The number of benzene rings is 2. The van der Waals surface area contributed by atoms with Gasteiger partial charge in [0.2, 0.25) is 5.91 Å². The zero-order chi connectivity index (χ0) is 18.0. The summed E-state index contributed by atoms with van der Waals surface area (Å²) in [5.41, 5.74) is 1.92. The molecule has 0 radical (unpaired) electrons. The lowest BCUT2D eigenvalue weighted by Crippen LogP contribution is -2.44. The number of sulfone groups is 1. The largest absolute Gasteiger partial charge is 0.331 e. The van der Waals surface area contributed by atoms with Crippen LogP contribution in [0.1, 0.15) is 24.1 Å². The van der Waals surface area contributed by atoms with E-state index in [1.165, 1.54) is 6.92 Å². The van der Waals surface area contributed by atoms with E-state index in [1.54, 1.807) is 47.4 Å². The second-order valence-corrected chi connectivity index (χ2v) is 8.38. The average Bonchev–Trinajstić information content (AvgIpc) is 2.62. The molecule has 0 saturated heterocycles. The zero-order valence-corrected chi connectivity index (χ0v) is 15.1. The molecule has 2 aromatic carbocycles.